The van der Waals surface area contributed by atoms with Crippen molar-refractivity contribution in [1.82, 2.24) is 5.32 Å². The van der Waals surface area contributed by atoms with E-state index in [-0.39, 0.29) is 5.91 Å². The predicted octanol–water partition coefficient (Wildman–Crippen LogP) is 1.56. The van der Waals surface area contributed by atoms with Crippen LogP contribution in [-0.2, 0) is 14.3 Å². The van der Waals surface area contributed by atoms with Crippen molar-refractivity contribution in [3.05, 3.63) is 0 Å². The highest BCUT2D eigenvalue weighted by Crippen LogP contribution is 2.33. The Labute approximate surface area is 108 Å². The summed E-state index contributed by atoms with van der Waals surface area (Å²) in [7, 11) is 1.44. The first-order valence-corrected chi connectivity index (χ1v) is 6.35. The molecule has 0 radical (unpaired) electrons. The summed E-state index contributed by atoms with van der Waals surface area (Å²) < 4.78 is 5.09. The SMILES string of the molecule is COC(C)(C)C(=O)NC1(C(=O)O)CCCC(C)C1. The fraction of sp³-hybridized carbons (Fsp3) is 0.846. The molecule has 5 nitrogen and oxygen atoms in total. The molecule has 2 atom stereocenters. The fourth-order valence-corrected chi connectivity index (χ4v) is 2.37. The minimum absolute atomic E-state index is 0.306. The van der Waals surface area contributed by atoms with Crippen molar-refractivity contribution >= 4 is 11.9 Å². The number of hydrogen-bond acceptors (Lipinski definition) is 3. The number of hydrogen-bond donors (Lipinski definition) is 2. The average molecular weight is 257 g/mol. The number of carboxylic acid groups (broad SMARTS) is 1. The molecule has 0 heterocycles. The van der Waals surface area contributed by atoms with E-state index in [2.05, 4.69) is 5.32 Å². The maximum atomic E-state index is 12.1. The lowest BCUT2D eigenvalue weighted by Crippen LogP contribution is -2.60. The third-order valence-corrected chi connectivity index (χ3v) is 3.82. The Bertz CT molecular complexity index is 340. The van der Waals surface area contributed by atoms with Crippen molar-refractivity contribution < 1.29 is 19.4 Å². The fourth-order valence-electron chi connectivity index (χ4n) is 2.37. The van der Waals surface area contributed by atoms with Gasteiger partial charge in [-0.1, -0.05) is 19.8 Å². The lowest BCUT2D eigenvalue weighted by molar-refractivity contribution is -0.154. The topological polar surface area (TPSA) is 75.6 Å². The summed E-state index contributed by atoms with van der Waals surface area (Å²) in [6, 6.07) is 0. The average Bonchev–Trinajstić information content (AvgIpc) is 2.28. The molecule has 1 saturated carbocycles. The number of aliphatic carboxylic acids is 1. The summed E-state index contributed by atoms with van der Waals surface area (Å²) in [5.41, 5.74) is -2.15. The van der Waals surface area contributed by atoms with Gasteiger partial charge in [-0.3, -0.25) is 4.79 Å². The van der Waals surface area contributed by atoms with Crippen LogP contribution in [0.15, 0.2) is 0 Å². The molecule has 18 heavy (non-hydrogen) atoms. The molecule has 0 bridgehead atoms. The van der Waals surface area contributed by atoms with Gasteiger partial charge < -0.3 is 15.2 Å². The smallest absolute Gasteiger partial charge is 0.329 e. The summed E-state index contributed by atoms with van der Waals surface area (Å²) in [4.78, 5) is 23.6. The van der Waals surface area contributed by atoms with Crippen LogP contribution >= 0.6 is 0 Å². The molecule has 1 amide bonds. The predicted molar refractivity (Wildman–Crippen MR) is 67.2 cm³/mol. The molecule has 0 spiro atoms. The molecule has 1 rings (SSSR count). The van der Waals surface area contributed by atoms with Crippen LogP contribution in [0.2, 0.25) is 0 Å². The molecule has 0 aromatic rings. The number of rotatable bonds is 4. The minimum atomic E-state index is -1.13. The normalized spacial score (nSPS) is 28.8. The Hall–Kier alpha value is -1.10. The number of ether oxygens (including phenoxy) is 1. The third kappa shape index (κ3) is 3.02. The largest absolute Gasteiger partial charge is 0.480 e. The summed E-state index contributed by atoms with van der Waals surface area (Å²) >= 11 is 0. The van der Waals surface area contributed by atoms with E-state index >= 15 is 0 Å². The summed E-state index contributed by atoms with van der Waals surface area (Å²) in [5.74, 6) is -1.02. The highest BCUT2D eigenvalue weighted by molar-refractivity contribution is 5.91. The van der Waals surface area contributed by atoms with Crippen molar-refractivity contribution in [1.29, 1.82) is 0 Å². The summed E-state index contributed by atoms with van der Waals surface area (Å²) in [6.45, 7) is 5.28. The number of carboxylic acids is 1. The monoisotopic (exact) mass is 257 g/mol. The zero-order valence-corrected chi connectivity index (χ0v) is 11.6. The Balaban J connectivity index is 2.87. The molecule has 2 N–H and O–H groups in total. The molecule has 0 saturated heterocycles. The lowest BCUT2D eigenvalue weighted by Gasteiger charge is -2.38. The van der Waals surface area contributed by atoms with E-state index in [0.29, 0.717) is 18.8 Å². The second-order valence-corrected chi connectivity index (χ2v) is 5.76. The van der Waals surface area contributed by atoms with Gasteiger partial charge in [0.25, 0.3) is 5.91 Å². The van der Waals surface area contributed by atoms with Crippen LogP contribution in [0.4, 0.5) is 0 Å². The highest BCUT2D eigenvalue weighted by Gasteiger charge is 2.45. The third-order valence-electron chi connectivity index (χ3n) is 3.82. The van der Waals surface area contributed by atoms with Crippen LogP contribution in [0, 0.1) is 5.92 Å². The second kappa shape index (κ2) is 5.26. The number of carbonyl (C=O) groups excluding carboxylic acids is 1. The first-order chi connectivity index (χ1) is 8.23. The Morgan fingerprint density at radius 1 is 1.44 bits per heavy atom. The van der Waals surface area contributed by atoms with Gasteiger partial charge in [-0.15, -0.1) is 0 Å². The number of carbonyl (C=O) groups is 2. The van der Waals surface area contributed by atoms with Crippen LogP contribution < -0.4 is 5.32 Å². The zero-order chi connectivity index (χ0) is 14.0. The summed E-state index contributed by atoms with van der Waals surface area (Å²) in [5, 5.41) is 12.1. The van der Waals surface area contributed by atoms with E-state index in [1.807, 2.05) is 6.92 Å². The van der Waals surface area contributed by atoms with Crippen LogP contribution in [0.25, 0.3) is 0 Å². The molecule has 0 aliphatic heterocycles. The quantitative estimate of drug-likeness (QED) is 0.801. The molecule has 5 heteroatoms. The van der Waals surface area contributed by atoms with E-state index in [9.17, 15) is 14.7 Å². The van der Waals surface area contributed by atoms with Gasteiger partial charge in [0.2, 0.25) is 0 Å². The Morgan fingerprint density at radius 2 is 2.06 bits per heavy atom. The minimum Gasteiger partial charge on any atom is -0.480 e. The molecule has 1 aliphatic rings. The summed E-state index contributed by atoms with van der Waals surface area (Å²) in [6.07, 6.45) is 2.80. The first kappa shape index (κ1) is 15.0. The molecular formula is C13H23NO4. The lowest BCUT2D eigenvalue weighted by atomic mass is 9.76. The molecule has 1 aliphatic carbocycles. The van der Waals surface area contributed by atoms with Gasteiger partial charge in [0.1, 0.15) is 11.1 Å². The molecular weight excluding hydrogens is 234 g/mol. The van der Waals surface area contributed by atoms with Gasteiger partial charge in [0, 0.05) is 7.11 Å². The van der Waals surface area contributed by atoms with Crippen LogP contribution in [-0.4, -0.2) is 35.2 Å². The zero-order valence-electron chi connectivity index (χ0n) is 11.6. The first-order valence-electron chi connectivity index (χ1n) is 6.35. The van der Waals surface area contributed by atoms with Crippen LogP contribution in [0.3, 0.4) is 0 Å². The molecule has 104 valence electrons. The number of methoxy groups -OCH3 is 1. The highest BCUT2D eigenvalue weighted by atomic mass is 16.5. The van der Waals surface area contributed by atoms with Crippen molar-refractivity contribution in [3.8, 4) is 0 Å². The van der Waals surface area contributed by atoms with Gasteiger partial charge in [-0.25, -0.2) is 4.79 Å². The number of amides is 1. The molecule has 0 aromatic heterocycles. The Morgan fingerprint density at radius 3 is 2.50 bits per heavy atom. The Kier molecular flexibility index (Phi) is 4.37. The standard InChI is InChI=1S/C13H23NO4/c1-9-6-5-7-13(8-9,11(16)17)14-10(15)12(2,3)18-4/h9H,5-8H2,1-4H3,(H,14,15)(H,16,17). The van der Waals surface area contributed by atoms with Crippen LogP contribution in [0.1, 0.15) is 46.5 Å². The van der Waals surface area contributed by atoms with Gasteiger partial charge >= 0.3 is 5.97 Å². The molecule has 2 unspecified atom stereocenters. The van der Waals surface area contributed by atoms with E-state index < -0.39 is 17.1 Å². The maximum Gasteiger partial charge on any atom is 0.329 e. The van der Waals surface area contributed by atoms with Crippen molar-refractivity contribution in [2.75, 3.05) is 7.11 Å². The van der Waals surface area contributed by atoms with Gasteiger partial charge in [-0.05, 0) is 32.6 Å². The maximum absolute atomic E-state index is 12.1. The van der Waals surface area contributed by atoms with Crippen LogP contribution in [0.5, 0.6) is 0 Å². The van der Waals surface area contributed by atoms with E-state index in [4.69, 9.17) is 4.74 Å². The van der Waals surface area contributed by atoms with E-state index in [0.717, 1.165) is 12.8 Å². The van der Waals surface area contributed by atoms with Gasteiger partial charge in [0.15, 0.2) is 0 Å². The van der Waals surface area contributed by atoms with Gasteiger partial charge in [0.05, 0.1) is 0 Å². The van der Waals surface area contributed by atoms with E-state index in [1.165, 1.54) is 7.11 Å². The van der Waals surface area contributed by atoms with Crippen molar-refractivity contribution in [3.63, 3.8) is 0 Å². The van der Waals surface area contributed by atoms with Crippen molar-refractivity contribution in [2.45, 2.75) is 57.6 Å². The van der Waals surface area contributed by atoms with E-state index in [1.54, 1.807) is 13.8 Å². The van der Waals surface area contributed by atoms with Gasteiger partial charge in [-0.2, -0.15) is 0 Å². The second-order valence-electron chi connectivity index (χ2n) is 5.76. The number of nitrogens with one attached hydrogen (secondary N) is 1. The van der Waals surface area contributed by atoms with Crippen molar-refractivity contribution in [2.24, 2.45) is 5.92 Å². The molecule has 0 aromatic carbocycles. The molecule has 1 fully saturated rings.